The summed E-state index contributed by atoms with van der Waals surface area (Å²) in [5.41, 5.74) is -0.349. The molecule has 39 heavy (non-hydrogen) atoms. The second kappa shape index (κ2) is 10.7. The van der Waals surface area contributed by atoms with Gasteiger partial charge in [0.25, 0.3) is 6.43 Å². The maximum absolute atomic E-state index is 14.0. The molecule has 1 fully saturated rings. The molecule has 0 spiro atoms. The van der Waals surface area contributed by atoms with E-state index in [1.807, 2.05) is 35.3 Å². The van der Waals surface area contributed by atoms with E-state index >= 15 is 0 Å². The first-order chi connectivity index (χ1) is 18.8. The van der Waals surface area contributed by atoms with Crippen LogP contribution in [0.4, 0.5) is 19.1 Å². The molecule has 0 unspecified atom stereocenters. The van der Waals surface area contributed by atoms with E-state index in [9.17, 15) is 18.3 Å². The van der Waals surface area contributed by atoms with E-state index in [1.165, 1.54) is 12.4 Å². The highest BCUT2D eigenvalue weighted by molar-refractivity contribution is 6.01. The van der Waals surface area contributed by atoms with Crippen molar-refractivity contribution in [1.82, 2.24) is 29.6 Å². The molecule has 0 bridgehead atoms. The highest BCUT2D eigenvalue weighted by Crippen LogP contribution is 2.35. The largest absolute Gasteiger partial charge is 0.375 e. The van der Waals surface area contributed by atoms with Crippen LogP contribution in [0.2, 0.25) is 0 Å². The molecule has 1 aliphatic heterocycles. The van der Waals surface area contributed by atoms with Gasteiger partial charge in [0.15, 0.2) is 11.4 Å². The van der Waals surface area contributed by atoms with Gasteiger partial charge in [-0.2, -0.15) is 5.10 Å². The van der Waals surface area contributed by atoms with Crippen LogP contribution in [0.1, 0.15) is 16.8 Å². The molecule has 1 atom stereocenters. The van der Waals surface area contributed by atoms with Crippen LogP contribution in [0.15, 0.2) is 66.3 Å². The predicted octanol–water partition coefficient (Wildman–Crippen LogP) is 3.02. The summed E-state index contributed by atoms with van der Waals surface area (Å²) in [6, 6.07) is 6.22. The summed E-state index contributed by atoms with van der Waals surface area (Å²) in [4.78, 5) is 19.9. The molecule has 0 radical (unpaired) electrons. The number of piperazine rings is 1. The minimum absolute atomic E-state index is 0.155. The van der Waals surface area contributed by atoms with Crippen LogP contribution in [-0.4, -0.2) is 79.5 Å². The van der Waals surface area contributed by atoms with E-state index in [-0.39, 0.29) is 11.1 Å². The van der Waals surface area contributed by atoms with Gasteiger partial charge in [-0.25, -0.2) is 28.1 Å². The number of nitrogens with one attached hydrogen (secondary N) is 2. The molecule has 1 aliphatic rings. The quantitative estimate of drug-likeness (QED) is 0.246. The van der Waals surface area contributed by atoms with Crippen LogP contribution in [0, 0.1) is 11.2 Å². The number of nitrogens with zero attached hydrogens (tertiary/aromatic N) is 7. The lowest BCUT2D eigenvalue weighted by molar-refractivity contribution is -0.0722. The van der Waals surface area contributed by atoms with Gasteiger partial charge in [-0.3, -0.25) is 10.1 Å². The van der Waals surface area contributed by atoms with Crippen molar-refractivity contribution in [2.24, 2.45) is 12.0 Å². The third-order valence-corrected chi connectivity index (χ3v) is 6.69. The van der Waals surface area contributed by atoms with E-state index in [0.29, 0.717) is 38.0 Å². The Morgan fingerprint density at radius 3 is 2.36 bits per heavy atom. The Morgan fingerprint density at radius 2 is 1.77 bits per heavy atom. The summed E-state index contributed by atoms with van der Waals surface area (Å²) in [7, 11) is 1.85. The van der Waals surface area contributed by atoms with E-state index in [1.54, 1.807) is 10.9 Å². The zero-order valence-electron chi connectivity index (χ0n) is 21.0. The van der Waals surface area contributed by atoms with Gasteiger partial charge in [-0.1, -0.05) is 12.1 Å². The smallest absolute Gasteiger partial charge is 0.275 e. The molecular formula is C26H26F3N9O. The third kappa shape index (κ3) is 5.12. The predicted molar refractivity (Wildman–Crippen MR) is 140 cm³/mol. The highest BCUT2D eigenvalue weighted by Gasteiger charge is 2.42. The van der Waals surface area contributed by atoms with Crippen LogP contribution < -0.4 is 4.90 Å². The number of hydrogen-bond acceptors (Lipinski definition) is 6. The molecule has 0 amide bonds. The average molecular weight is 538 g/mol. The fourth-order valence-electron chi connectivity index (χ4n) is 4.57. The number of hydrogen-bond donors (Lipinski definition) is 3. The van der Waals surface area contributed by atoms with Gasteiger partial charge < -0.3 is 19.9 Å². The first kappa shape index (κ1) is 26.1. The molecule has 13 heteroatoms. The lowest BCUT2D eigenvalue weighted by Gasteiger charge is -2.36. The highest BCUT2D eigenvalue weighted by atomic mass is 19.3. The summed E-state index contributed by atoms with van der Waals surface area (Å²) in [5, 5.41) is 22.6. The number of aryl methyl sites for hydroxylation is 1. The molecule has 4 aromatic rings. The minimum Gasteiger partial charge on any atom is -0.375 e. The average Bonchev–Trinajstić information content (AvgIpc) is 3.61. The molecule has 3 aromatic heterocycles. The zero-order valence-corrected chi connectivity index (χ0v) is 21.0. The fraction of sp³-hybridized carbons (Fsp3) is 0.269. The van der Waals surface area contributed by atoms with Gasteiger partial charge in [0.05, 0.1) is 11.9 Å². The van der Waals surface area contributed by atoms with Crippen LogP contribution in [0.3, 0.4) is 0 Å². The number of aromatic nitrogens is 5. The van der Waals surface area contributed by atoms with Gasteiger partial charge in [-0.15, -0.1) is 0 Å². The number of aromatic amines is 1. The summed E-state index contributed by atoms with van der Waals surface area (Å²) in [5.74, 6) is 0.357. The van der Waals surface area contributed by atoms with Gasteiger partial charge in [-0.05, 0) is 23.8 Å². The van der Waals surface area contributed by atoms with Crippen molar-refractivity contribution in [3.8, 4) is 11.1 Å². The van der Waals surface area contributed by atoms with Crippen LogP contribution in [0.25, 0.3) is 11.1 Å². The van der Waals surface area contributed by atoms with Crippen LogP contribution in [0.5, 0.6) is 0 Å². The summed E-state index contributed by atoms with van der Waals surface area (Å²) in [6.07, 6.45) is 5.71. The Morgan fingerprint density at radius 1 is 1.08 bits per heavy atom. The number of alkyl halides is 2. The van der Waals surface area contributed by atoms with Crippen molar-refractivity contribution in [2.75, 3.05) is 31.1 Å². The van der Waals surface area contributed by atoms with Gasteiger partial charge in [0.2, 0.25) is 5.95 Å². The van der Waals surface area contributed by atoms with Crippen molar-refractivity contribution in [1.29, 1.82) is 5.41 Å². The summed E-state index contributed by atoms with van der Waals surface area (Å²) >= 11 is 0. The number of aliphatic imine (C=N–C) groups is 1. The Labute approximate surface area is 222 Å². The first-order valence-electron chi connectivity index (χ1n) is 12.1. The molecule has 1 aromatic carbocycles. The van der Waals surface area contributed by atoms with Crippen molar-refractivity contribution in [3.63, 3.8) is 0 Å². The molecule has 5 rings (SSSR count). The second-order valence-electron chi connectivity index (χ2n) is 9.11. The standard InChI is InChI=1S/C26H26F3N9O/c1-36-15-18(12-35-36)17-10-22(31-11-17)23(34-16-30)37-6-8-38(9-7-37)25-32-13-20(14-33-25)26(39,24(28)29)19-2-4-21(27)5-3-19/h2-5,10-16,24,30-31,39H,6-9H2,1H3/t26-/m0/s1. The number of H-pyrrole nitrogens is 1. The fourth-order valence-corrected chi connectivity index (χ4v) is 4.57. The number of aliphatic hydroxyl groups is 1. The molecule has 1 saturated heterocycles. The molecule has 3 N–H and O–H groups in total. The van der Waals surface area contributed by atoms with Gasteiger partial charge in [0, 0.05) is 74.7 Å². The number of rotatable bonds is 7. The minimum atomic E-state index is -3.18. The Kier molecular flexibility index (Phi) is 7.15. The normalized spacial score (nSPS) is 16.0. The number of benzene rings is 1. The second-order valence-corrected chi connectivity index (χ2v) is 9.11. The molecule has 10 nitrogen and oxygen atoms in total. The Bertz CT molecular complexity index is 1460. The summed E-state index contributed by atoms with van der Waals surface area (Å²) < 4.78 is 43.0. The van der Waals surface area contributed by atoms with Crippen molar-refractivity contribution < 1.29 is 18.3 Å². The SMILES string of the molecule is Cn1cc(-c2c[nH]c(C(=NC=N)N3CCN(c4ncc([C@@](O)(c5ccc(F)cc5)C(F)F)cn4)CC3)c2)cn1. The molecule has 0 aliphatic carbocycles. The van der Waals surface area contributed by atoms with E-state index in [4.69, 9.17) is 5.41 Å². The summed E-state index contributed by atoms with van der Waals surface area (Å²) in [6.45, 7) is 2.14. The Balaban J connectivity index is 1.29. The maximum Gasteiger partial charge on any atom is 0.275 e. The monoisotopic (exact) mass is 537 g/mol. The Hall–Kier alpha value is -4.52. The first-order valence-corrected chi connectivity index (χ1v) is 12.1. The number of anilines is 1. The third-order valence-electron chi connectivity index (χ3n) is 6.69. The maximum atomic E-state index is 14.0. The van der Waals surface area contributed by atoms with Gasteiger partial charge >= 0.3 is 0 Å². The van der Waals surface area contributed by atoms with Gasteiger partial charge in [0.1, 0.15) is 12.2 Å². The molecular weight excluding hydrogens is 511 g/mol. The van der Waals surface area contributed by atoms with E-state index in [2.05, 4.69) is 25.0 Å². The van der Waals surface area contributed by atoms with Crippen molar-refractivity contribution >= 4 is 18.1 Å². The van der Waals surface area contributed by atoms with E-state index in [0.717, 1.165) is 47.4 Å². The van der Waals surface area contributed by atoms with Crippen LogP contribution >= 0.6 is 0 Å². The number of amidine groups is 1. The van der Waals surface area contributed by atoms with Crippen molar-refractivity contribution in [3.05, 3.63) is 84.0 Å². The molecule has 202 valence electrons. The van der Waals surface area contributed by atoms with Crippen LogP contribution in [-0.2, 0) is 12.6 Å². The molecule has 0 saturated carbocycles. The van der Waals surface area contributed by atoms with Crippen molar-refractivity contribution in [2.45, 2.75) is 12.0 Å². The number of halogens is 3. The van der Waals surface area contributed by atoms with E-state index < -0.39 is 17.8 Å². The molecule has 4 heterocycles. The topological polar surface area (TPSA) is 122 Å². The zero-order chi connectivity index (χ0) is 27.6. The lowest BCUT2D eigenvalue weighted by atomic mass is 9.88. The lowest BCUT2D eigenvalue weighted by Crippen LogP contribution is -2.49.